The highest BCUT2D eigenvalue weighted by atomic mass is 32.2. The number of furan rings is 1. The second kappa shape index (κ2) is 8.26. The van der Waals surface area contributed by atoms with Crippen molar-refractivity contribution in [1.29, 1.82) is 0 Å². The number of rotatable bonds is 8. The van der Waals surface area contributed by atoms with E-state index in [-0.39, 0.29) is 18.2 Å². The highest BCUT2D eigenvalue weighted by Crippen LogP contribution is 2.10. The fraction of sp³-hybridized carbons (Fsp3) is 0.353. The Balaban J connectivity index is 2.01. The maximum atomic E-state index is 12.9. The first-order valence-electron chi connectivity index (χ1n) is 7.81. The molecule has 0 fully saturated rings. The number of carbonyl (C=O) groups is 1. The number of hydrogen-bond donors (Lipinski definition) is 2. The van der Waals surface area contributed by atoms with Crippen molar-refractivity contribution < 1.29 is 22.0 Å². The van der Waals surface area contributed by atoms with E-state index in [0.717, 1.165) is 0 Å². The Morgan fingerprint density at radius 1 is 1.20 bits per heavy atom. The third kappa shape index (κ3) is 5.99. The van der Waals surface area contributed by atoms with Crippen LogP contribution in [0.15, 0.2) is 47.1 Å². The molecule has 2 aromatic rings. The largest absolute Gasteiger partial charge is 0.467 e. The Kier molecular flexibility index (Phi) is 6.33. The van der Waals surface area contributed by atoms with Gasteiger partial charge in [0.25, 0.3) is 0 Å². The number of nitrogens with one attached hydrogen (secondary N) is 2. The van der Waals surface area contributed by atoms with Crippen molar-refractivity contribution in [2.24, 2.45) is 5.92 Å². The number of carbonyl (C=O) groups excluding carboxylic acids is 1. The maximum absolute atomic E-state index is 12.9. The van der Waals surface area contributed by atoms with Crippen molar-refractivity contribution in [2.75, 3.05) is 0 Å². The lowest BCUT2D eigenvalue weighted by molar-refractivity contribution is -0.123. The smallest absolute Gasteiger partial charge is 0.238 e. The van der Waals surface area contributed by atoms with Gasteiger partial charge in [0.15, 0.2) is 0 Å². The summed E-state index contributed by atoms with van der Waals surface area (Å²) in [6.45, 7) is 3.67. The predicted octanol–water partition coefficient (Wildman–Crippen LogP) is 2.18. The van der Waals surface area contributed by atoms with Gasteiger partial charge in [-0.15, -0.1) is 0 Å². The number of hydrogen-bond acceptors (Lipinski definition) is 4. The Morgan fingerprint density at radius 3 is 2.44 bits per heavy atom. The minimum atomic E-state index is -3.77. The molecule has 1 aromatic carbocycles. The summed E-state index contributed by atoms with van der Waals surface area (Å²) in [5.74, 6) is -0.882. The summed E-state index contributed by atoms with van der Waals surface area (Å²) < 4.78 is 45.1. The van der Waals surface area contributed by atoms with Crippen LogP contribution in [0.2, 0.25) is 0 Å². The van der Waals surface area contributed by atoms with Crippen molar-refractivity contribution in [3.8, 4) is 0 Å². The van der Waals surface area contributed by atoms with Crippen molar-refractivity contribution in [3.05, 3.63) is 59.8 Å². The topological polar surface area (TPSA) is 88.4 Å². The molecule has 0 aliphatic rings. The highest BCUT2D eigenvalue weighted by Gasteiger charge is 2.27. The fourth-order valence-electron chi connectivity index (χ4n) is 2.22. The molecule has 1 atom stereocenters. The van der Waals surface area contributed by atoms with Crippen molar-refractivity contribution >= 4 is 15.9 Å². The van der Waals surface area contributed by atoms with E-state index in [0.29, 0.717) is 11.3 Å². The standard InChI is InChI=1S/C17H21FN2O4S/c1-12(2)16(17(21)19-10-15-4-3-9-24-15)20-25(22,23)11-13-5-7-14(18)8-6-13/h3-9,12,16,20H,10-11H2,1-2H3,(H,19,21)/t16-/m1/s1. The maximum Gasteiger partial charge on any atom is 0.238 e. The lowest BCUT2D eigenvalue weighted by Gasteiger charge is -2.21. The Hall–Kier alpha value is -2.19. The Bertz CT molecular complexity index is 787. The van der Waals surface area contributed by atoms with E-state index in [1.54, 1.807) is 26.0 Å². The Morgan fingerprint density at radius 2 is 1.88 bits per heavy atom. The summed E-state index contributed by atoms with van der Waals surface area (Å²) in [6, 6.07) is 7.68. The number of sulfonamides is 1. The van der Waals surface area contributed by atoms with E-state index < -0.39 is 27.8 Å². The summed E-state index contributed by atoms with van der Waals surface area (Å²) >= 11 is 0. The van der Waals surface area contributed by atoms with E-state index >= 15 is 0 Å². The highest BCUT2D eigenvalue weighted by molar-refractivity contribution is 7.88. The van der Waals surface area contributed by atoms with E-state index in [2.05, 4.69) is 10.0 Å². The van der Waals surface area contributed by atoms with Crippen LogP contribution in [-0.2, 0) is 27.1 Å². The molecular weight excluding hydrogens is 347 g/mol. The van der Waals surface area contributed by atoms with Gasteiger partial charge in [-0.2, -0.15) is 0 Å². The molecule has 2 rings (SSSR count). The van der Waals surface area contributed by atoms with Gasteiger partial charge in [-0.3, -0.25) is 4.79 Å². The van der Waals surface area contributed by atoms with Crippen LogP contribution in [0, 0.1) is 11.7 Å². The molecule has 1 amide bonds. The summed E-state index contributed by atoms with van der Waals surface area (Å²) in [5, 5.41) is 2.65. The molecule has 1 aromatic heterocycles. The number of halogens is 1. The quantitative estimate of drug-likeness (QED) is 0.747. The molecule has 136 valence electrons. The molecular formula is C17H21FN2O4S. The number of amides is 1. The van der Waals surface area contributed by atoms with Crippen molar-refractivity contribution in [1.82, 2.24) is 10.0 Å². The van der Waals surface area contributed by atoms with Gasteiger partial charge in [0.2, 0.25) is 15.9 Å². The van der Waals surface area contributed by atoms with Gasteiger partial charge in [0.1, 0.15) is 17.6 Å². The van der Waals surface area contributed by atoms with E-state index in [9.17, 15) is 17.6 Å². The average Bonchev–Trinajstić information content (AvgIpc) is 3.05. The zero-order valence-corrected chi connectivity index (χ0v) is 14.8. The molecule has 1 heterocycles. The number of benzene rings is 1. The second-order valence-corrected chi connectivity index (χ2v) is 7.78. The van der Waals surface area contributed by atoms with Crippen LogP contribution in [0.25, 0.3) is 0 Å². The van der Waals surface area contributed by atoms with Gasteiger partial charge in [0.05, 0.1) is 18.6 Å². The third-order valence-electron chi connectivity index (χ3n) is 3.54. The van der Waals surface area contributed by atoms with Gasteiger partial charge in [-0.05, 0) is 35.7 Å². The predicted molar refractivity (Wildman–Crippen MR) is 91.3 cm³/mol. The van der Waals surface area contributed by atoms with Crippen LogP contribution in [0.1, 0.15) is 25.2 Å². The minimum Gasteiger partial charge on any atom is -0.467 e. The SMILES string of the molecule is CC(C)[C@@H](NS(=O)(=O)Cc1ccc(F)cc1)C(=O)NCc1ccco1. The molecule has 0 radical (unpaired) electrons. The van der Waals surface area contributed by atoms with Crippen molar-refractivity contribution in [3.63, 3.8) is 0 Å². The summed E-state index contributed by atoms with van der Waals surface area (Å²) in [6.07, 6.45) is 1.49. The first-order valence-corrected chi connectivity index (χ1v) is 9.46. The van der Waals surface area contributed by atoms with Crippen LogP contribution < -0.4 is 10.0 Å². The monoisotopic (exact) mass is 368 g/mol. The van der Waals surface area contributed by atoms with Gasteiger partial charge in [-0.25, -0.2) is 17.5 Å². The molecule has 2 N–H and O–H groups in total. The van der Waals surface area contributed by atoms with Crippen molar-refractivity contribution in [2.45, 2.75) is 32.2 Å². The fourth-order valence-corrected chi connectivity index (χ4v) is 3.71. The zero-order chi connectivity index (χ0) is 18.4. The summed E-state index contributed by atoms with van der Waals surface area (Å²) in [7, 11) is -3.77. The van der Waals surface area contributed by atoms with E-state index in [4.69, 9.17) is 4.42 Å². The summed E-state index contributed by atoms with van der Waals surface area (Å²) in [4.78, 5) is 12.3. The first kappa shape index (κ1) is 19.1. The molecule has 6 nitrogen and oxygen atoms in total. The molecule has 0 saturated carbocycles. The van der Waals surface area contributed by atoms with Crippen LogP contribution in [0.4, 0.5) is 4.39 Å². The zero-order valence-electron chi connectivity index (χ0n) is 14.0. The molecule has 8 heteroatoms. The van der Waals surface area contributed by atoms with Gasteiger partial charge in [-0.1, -0.05) is 26.0 Å². The molecule has 0 bridgehead atoms. The third-order valence-corrected chi connectivity index (χ3v) is 4.87. The van der Waals surface area contributed by atoms with Gasteiger partial charge >= 0.3 is 0 Å². The molecule has 0 aliphatic heterocycles. The molecule has 0 unspecified atom stereocenters. The second-order valence-electron chi connectivity index (χ2n) is 6.02. The molecule has 0 aliphatic carbocycles. The van der Waals surface area contributed by atoms with Crippen LogP contribution in [0.3, 0.4) is 0 Å². The minimum absolute atomic E-state index is 0.175. The molecule has 25 heavy (non-hydrogen) atoms. The van der Waals surface area contributed by atoms with Gasteiger partial charge < -0.3 is 9.73 Å². The van der Waals surface area contributed by atoms with Crippen LogP contribution in [0.5, 0.6) is 0 Å². The molecule has 0 saturated heterocycles. The Labute approximate surface area is 146 Å². The van der Waals surface area contributed by atoms with E-state index in [1.165, 1.54) is 30.5 Å². The van der Waals surface area contributed by atoms with E-state index in [1.807, 2.05) is 0 Å². The van der Waals surface area contributed by atoms with Gasteiger partial charge in [0, 0.05) is 0 Å². The summed E-state index contributed by atoms with van der Waals surface area (Å²) in [5.41, 5.74) is 0.437. The van der Waals surface area contributed by atoms with Crippen LogP contribution >= 0.6 is 0 Å². The normalized spacial score (nSPS) is 13.0. The average molecular weight is 368 g/mol. The first-order chi connectivity index (χ1) is 11.8. The lowest BCUT2D eigenvalue weighted by Crippen LogP contribution is -2.49. The molecule has 0 spiro atoms. The lowest BCUT2D eigenvalue weighted by atomic mass is 10.1. The van der Waals surface area contributed by atoms with Crippen LogP contribution in [-0.4, -0.2) is 20.4 Å².